The molecule has 0 bridgehead atoms. The molecule has 1 atom stereocenters. The number of para-hydroxylation sites is 1. The maximum atomic E-state index is 12.8. The molecule has 0 aromatic heterocycles. The summed E-state index contributed by atoms with van der Waals surface area (Å²) in [7, 11) is 0. The lowest BCUT2D eigenvalue weighted by atomic mass is 10.1. The predicted octanol–water partition coefficient (Wildman–Crippen LogP) is 3.33. The van der Waals surface area contributed by atoms with Gasteiger partial charge in [-0.05, 0) is 49.9 Å². The molecular weight excluding hydrogens is 386 g/mol. The van der Waals surface area contributed by atoms with Crippen molar-refractivity contribution < 1.29 is 19.2 Å². The summed E-state index contributed by atoms with van der Waals surface area (Å²) in [4.78, 5) is 40.0. The van der Waals surface area contributed by atoms with E-state index in [2.05, 4.69) is 0 Å². The van der Waals surface area contributed by atoms with Crippen LogP contribution < -0.4 is 9.80 Å². The van der Waals surface area contributed by atoms with Crippen molar-refractivity contribution in [3.63, 3.8) is 0 Å². The summed E-state index contributed by atoms with van der Waals surface area (Å²) < 4.78 is 5.36. The van der Waals surface area contributed by atoms with Crippen LogP contribution >= 0.6 is 0 Å². The average molecular weight is 409 g/mol. The van der Waals surface area contributed by atoms with E-state index in [1.807, 2.05) is 29.2 Å². The zero-order chi connectivity index (χ0) is 21.3. The lowest BCUT2D eigenvalue weighted by Gasteiger charge is -2.22. The first kappa shape index (κ1) is 19.9. The van der Waals surface area contributed by atoms with Crippen LogP contribution in [0.5, 0.6) is 0 Å². The van der Waals surface area contributed by atoms with Crippen molar-refractivity contribution >= 4 is 28.9 Å². The van der Waals surface area contributed by atoms with Crippen molar-refractivity contribution in [3.05, 3.63) is 63.7 Å². The number of rotatable bonds is 5. The summed E-state index contributed by atoms with van der Waals surface area (Å²) >= 11 is 0. The third-order valence-electron chi connectivity index (χ3n) is 5.64. The molecule has 4 rings (SSSR count). The van der Waals surface area contributed by atoms with Gasteiger partial charge >= 0.3 is 5.97 Å². The highest BCUT2D eigenvalue weighted by atomic mass is 16.6. The maximum Gasteiger partial charge on any atom is 0.339 e. The molecule has 0 spiro atoms. The van der Waals surface area contributed by atoms with E-state index in [0.29, 0.717) is 12.2 Å². The second-order valence-corrected chi connectivity index (χ2v) is 7.57. The molecule has 1 unspecified atom stereocenters. The fraction of sp³-hybridized carbons (Fsp3) is 0.364. The van der Waals surface area contributed by atoms with Gasteiger partial charge in [0.25, 0.3) is 11.6 Å². The van der Waals surface area contributed by atoms with Crippen LogP contribution in [0.2, 0.25) is 0 Å². The van der Waals surface area contributed by atoms with Crippen molar-refractivity contribution in [1.29, 1.82) is 0 Å². The summed E-state index contributed by atoms with van der Waals surface area (Å²) in [6.45, 7) is 3.57. The lowest BCUT2D eigenvalue weighted by Crippen LogP contribution is -2.39. The Morgan fingerprint density at radius 3 is 2.53 bits per heavy atom. The van der Waals surface area contributed by atoms with Gasteiger partial charge < -0.3 is 14.5 Å². The molecule has 2 aliphatic heterocycles. The smallest absolute Gasteiger partial charge is 0.339 e. The third kappa shape index (κ3) is 3.72. The third-order valence-corrected chi connectivity index (χ3v) is 5.64. The molecule has 1 saturated heterocycles. The van der Waals surface area contributed by atoms with Crippen LogP contribution in [0.3, 0.4) is 0 Å². The molecular formula is C22H23N3O5. The van der Waals surface area contributed by atoms with Crippen molar-refractivity contribution in [2.45, 2.75) is 32.3 Å². The summed E-state index contributed by atoms with van der Waals surface area (Å²) in [6.07, 6.45) is 1.73. The maximum absolute atomic E-state index is 12.8. The molecule has 8 heteroatoms. The average Bonchev–Trinajstić information content (AvgIpc) is 3.42. The minimum atomic E-state index is -0.999. The van der Waals surface area contributed by atoms with Crippen LogP contribution in [0, 0.1) is 10.1 Å². The van der Waals surface area contributed by atoms with Crippen molar-refractivity contribution in [2.24, 2.45) is 0 Å². The predicted molar refractivity (Wildman–Crippen MR) is 112 cm³/mol. The first-order chi connectivity index (χ1) is 14.5. The molecule has 30 heavy (non-hydrogen) atoms. The Kier molecular flexibility index (Phi) is 5.39. The molecule has 1 amide bonds. The molecule has 0 radical (unpaired) electrons. The standard InChI is InChI=1S/C22H23N3O5/c1-15(21(26)24-13-10-16-6-2-3-7-18(16)24)30-22(27)17-8-9-19(20(14-17)25(28)29)23-11-4-5-12-23/h2-3,6-9,14-15H,4-5,10-13H2,1H3. The highest BCUT2D eigenvalue weighted by molar-refractivity contribution is 6.00. The fourth-order valence-electron chi connectivity index (χ4n) is 4.09. The van der Waals surface area contributed by atoms with Gasteiger partial charge in [0, 0.05) is 31.4 Å². The van der Waals surface area contributed by atoms with Gasteiger partial charge in [0.1, 0.15) is 5.69 Å². The van der Waals surface area contributed by atoms with Crippen LogP contribution in [0.1, 0.15) is 35.7 Å². The zero-order valence-corrected chi connectivity index (χ0v) is 16.7. The van der Waals surface area contributed by atoms with Gasteiger partial charge in [-0.2, -0.15) is 0 Å². The number of nitro benzene ring substituents is 1. The topological polar surface area (TPSA) is 93.0 Å². The number of hydrogen-bond donors (Lipinski definition) is 0. The minimum absolute atomic E-state index is 0.0612. The number of carbonyl (C=O) groups is 2. The fourth-order valence-corrected chi connectivity index (χ4v) is 4.09. The summed E-state index contributed by atoms with van der Waals surface area (Å²) in [5, 5.41) is 11.5. The monoisotopic (exact) mass is 409 g/mol. The van der Waals surface area contributed by atoms with Crippen molar-refractivity contribution in [3.8, 4) is 0 Å². The summed E-state index contributed by atoms with van der Waals surface area (Å²) in [6, 6.07) is 12.0. The molecule has 2 aromatic rings. The number of hydrogen-bond acceptors (Lipinski definition) is 6. The Bertz CT molecular complexity index is 1000. The Morgan fingerprint density at radius 2 is 1.80 bits per heavy atom. The van der Waals surface area contributed by atoms with E-state index in [-0.39, 0.29) is 17.2 Å². The molecule has 2 aromatic carbocycles. The Labute approximate surface area is 174 Å². The van der Waals surface area contributed by atoms with Gasteiger partial charge in [0.15, 0.2) is 6.10 Å². The molecule has 0 N–H and O–H groups in total. The number of nitrogens with zero attached hydrogens (tertiary/aromatic N) is 3. The number of fused-ring (bicyclic) bond motifs is 1. The van der Waals surface area contributed by atoms with Crippen LogP contribution in [0.4, 0.5) is 17.1 Å². The molecule has 0 saturated carbocycles. The number of benzene rings is 2. The quantitative estimate of drug-likeness (QED) is 0.427. The van der Waals surface area contributed by atoms with E-state index in [0.717, 1.165) is 43.6 Å². The van der Waals surface area contributed by atoms with Gasteiger partial charge in [-0.1, -0.05) is 18.2 Å². The van der Waals surface area contributed by atoms with Crippen LogP contribution in [-0.2, 0) is 16.0 Å². The normalized spacial score (nSPS) is 16.3. The number of nitro groups is 1. The first-order valence-electron chi connectivity index (χ1n) is 10.1. The lowest BCUT2D eigenvalue weighted by molar-refractivity contribution is -0.384. The van der Waals surface area contributed by atoms with Crippen LogP contribution in [0.25, 0.3) is 0 Å². The largest absolute Gasteiger partial charge is 0.449 e. The van der Waals surface area contributed by atoms with Crippen LogP contribution in [-0.4, -0.2) is 42.5 Å². The SMILES string of the molecule is CC(OC(=O)c1ccc(N2CCCC2)c([N+](=O)[O-])c1)C(=O)N1CCc2ccccc21. The number of carbonyl (C=O) groups excluding carboxylic acids is 2. The summed E-state index contributed by atoms with van der Waals surface area (Å²) in [5.41, 5.74) is 2.35. The van der Waals surface area contributed by atoms with Gasteiger partial charge in [-0.25, -0.2) is 4.79 Å². The second-order valence-electron chi connectivity index (χ2n) is 7.57. The zero-order valence-electron chi connectivity index (χ0n) is 16.7. The van der Waals surface area contributed by atoms with E-state index >= 15 is 0 Å². The highest BCUT2D eigenvalue weighted by Crippen LogP contribution is 2.32. The minimum Gasteiger partial charge on any atom is -0.449 e. The molecule has 0 aliphatic carbocycles. The van der Waals surface area contributed by atoms with Gasteiger partial charge in [0.2, 0.25) is 0 Å². The van der Waals surface area contributed by atoms with Gasteiger partial charge in [0.05, 0.1) is 10.5 Å². The van der Waals surface area contributed by atoms with E-state index in [4.69, 9.17) is 4.74 Å². The second kappa shape index (κ2) is 8.14. The molecule has 2 aliphatic rings. The van der Waals surface area contributed by atoms with E-state index < -0.39 is 17.0 Å². The van der Waals surface area contributed by atoms with Gasteiger partial charge in [-0.3, -0.25) is 14.9 Å². The number of esters is 1. The Hall–Kier alpha value is -3.42. The molecule has 8 nitrogen and oxygen atoms in total. The van der Waals surface area contributed by atoms with E-state index in [1.165, 1.54) is 19.1 Å². The number of ether oxygens (including phenoxy) is 1. The number of amides is 1. The Morgan fingerprint density at radius 1 is 1.07 bits per heavy atom. The van der Waals surface area contributed by atoms with E-state index in [1.54, 1.807) is 11.0 Å². The first-order valence-corrected chi connectivity index (χ1v) is 10.1. The number of anilines is 2. The molecule has 156 valence electrons. The van der Waals surface area contributed by atoms with Gasteiger partial charge in [-0.15, -0.1) is 0 Å². The molecule has 2 heterocycles. The van der Waals surface area contributed by atoms with Crippen molar-refractivity contribution in [2.75, 3.05) is 29.4 Å². The Balaban J connectivity index is 1.49. The molecule has 1 fully saturated rings. The van der Waals surface area contributed by atoms with Crippen molar-refractivity contribution in [1.82, 2.24) is 0 Å². The van der Waals surface area contributed by atoms with Crippen LogP contribution in [0.15, 0.2) is 42.5 Å². The highest BCUT2D eigenvalue weighted by Gasteiger charge is 2.31. The summed E-state index contributed by atoms with van der Waals surface area (Å²) in [5.74, 6) is -1.06. The van der Waals surface area contributed by atoms with E-state index in [9.17, 15) is 19.7 Å².